The molecule has 2 rings (SSSR count). The standard InChI is InChI=1S/C13H15FN2OS/c1-9(6-15)18-8-13-16-7-12(17-13)10-2-4-11(14)5-3-10/h2-5,7,9H,6,8,15H2,1H3. The average molecular weight is 266 g/mol. The molecule has 1 heterocycles. The zero-order valence-corrected chi connectivity index (χ0v) is 10.9. The van der Waals surface area contributed by atoms with E-state index in [1.165, 1.54) is 12.1 Å². The molecule has 3 nitrogen and oxygen atoms in total. The van der Waals surface area contributed by atoms with Crippen molar-refractivity contribution in [2.24, 2.45) is 5.73 Å². The van der Waals surface area contributed by atoms with Gasteiger partial charge >= 0.3 is 0 Å². The second-order valence-corrected chi connectivity index (χ2v) is 5.41. The smallest absolute Gasteiger partial charge is 0.204 e. The maximum atomic E-state index is 12.8. The van der Waals surface area contributed by atoms with E-state index >= 15 is 0 Å². The predicted octanol–water partition coefficient (Wildman–Crippen LogP) is 3.06. The number of nitrogens with two attached hydrogens (primary N) is 1. The summed E-state index contributed by atoms with van der Waals surface area (Å²) >= 11 is 1.70. The van der Waals surface area contributed by atoms with Crippen LogP contribution in [0.25, 0.3) is 11.3 Å². The van der Waals surface area contributed by atoms with Crippen LogP contribution in [0.2, 0.25) is 0 Å². The van der Waals surface area contributed by atoms with Gasteiger partial charge in [-0.1, -0.05) is 6.92 Å². The molecule has 0 bridgehead atoms. The van der Waals surface area contributed by atoms with Gasteiger partial charge in [0.1, 0.15) is 5.82 Å². The molecule has 1 unspecified atom stereocenters. The van der Waals surface area contributed by atoms with Crippen LogP contribution in [0.5, 0.6) is 0 Å². The van der Waals surface area contributed by atoms with Crippen LogP contribution in [0.15, 0.2) is 34.9 Å². The summed E-state index contributed by atoms with van der Waals surface area (Å²) in [7, 11) is 0. The summed E-state index contributed by atoms with van der Waals surface area (Å²) in [4.78, 5) is 4.20. The van der Waals surface area contributed by atoms with Crippen molar-refractivity contribution < 1.29 is 8.81 Å². The number of thioether (sulfide) groups is 1. The summed E-state index contributed by atoms with van der Waals surface area (Å²) < 4.78 is 18.4. The second kappa shape index (κ2) is 6.02. The molecular weight excluding hydrogens is 251 g/mol. The van der Waals surface area contributed by atoms with Gasteiger partial charge < -0.3 is 10.2 Å². The molecule has 0 aliphatic carbocycles. The largest absolute Gasteiger partial charge is 0.440 e. The van der Waals surface area contributed by atoms with Crippen molar-refractivity contribution in [1.29, 1.82) is 0 Å². The lowest BCUT2D eigenvalue weighted by atomic mass is 10.2. The minimum absolute atomic E-state index is 0.259. The third-order valence-electron chi connectivity index (χ3n) is 2.51. The van der Waals surface area contributed by atoms with Gasteiger partial charge in [-0.25, -0.2) is 9.37 Å². The molecule has 1 aromatic heterocycles. The molecule has 1 atom stereocenters. The van der Waals surface area contributed by atoms with Gasteiger partial charge in [-0.05, 0) is 24.3 Å². The molecule has 0 spiro atoms. The number of rotatable bonds is 5. The van der Waals surface area contributed by atoms with E-state index in [4.69, 9.17) is 10.2 Å². The van der Waals surface area contributed by atoms with E-state index in [2.05, 4.69) is 11.9 Å². The van der Waals surface area contributed by atoms with Crippen LogP contribution >= 0.6 is 11.8 Å². The van der Waals surface area contributed by atoms with Crippen LogP contribution in [-0.2, 0) is 5.75 Å². The molecule has 2 aromatic rings. The Bertz CT molecular complexity index is 498. The lowest BCUT2D eigenvalue weighted by molar-refractivity contribution is 0.529. The highest BCUT2D eigenvalue weighted by Gasteiger charge is 2.08. The van der Waals surface area contributed by atoms with E-state index in [-0.39, 0.29) is 5.82 Å². The third kappa shape index (κ3) is 3.34. The molecule has 96 valence electrons. The summed E-state index contributed by atoms with van der Waals surface area (Å²) in [6.07, 6.45) is 1.66. The van der Waals surface area contributed by atoms with Crippen molar-refractivity contribution in [3.05, 3.63) is 42.2 Å². The molecule has 2 N–H and O–H groups in total. The lowest BCUT2D eigenvalue weighted by Crippen LogP contribution is -2.12. The molecule has 0 amide bonds. The molecule has 1 aromatic carbocycles. The summed E-state index contributed by atoms with van der Waals surface area (Å²) in [5.41, 5.74) is 6.37. The second-order valence-electron chi connectivity index (χ2n) is 3.98. The molecule has 5 heteroatoms. The van der Waals surface area contributed by atoms with Crippen molar-refractivity contribution in [3.63, 3.8) is 0 Å². The van der Waals surface area contributed by atoms with E-state index in [9.17, 15) is 4.39 Å². The number of nitrogens with zero attached hydrogens (tertiary/aromatic N) is 1. The van der Waals surface area contributed by atoms with Gasteiger partial charge in [0.05, 0.1) is 11.9 Å². The summed E-state index contributed by atoms with van der Waals surface area (Å²) in [5, 5.41) is 0.381. The van der Waals surface area contributed by atoms with Crippen molar-refractivity contribution in [1.82, 2.24) is 4.98 Å². The molecule has 0 aliphatic heterocycles. The Morgan fingerprint density at radius 2 is 2.11 bits per heavy atom. The number of benzene rings is 1. The number of aromatic nitrogens is 1. The first-order valence-corrected chi connectivity index (χ1v) is 6.76. The van der Waals surface area contributed by atoms with Crippen LogP contribution in [-0.4, -0.2) is 16.8 Å². The van der Waals surface area contributed by atoms with Gasteiger partial charge in [0.15, 0.2) is 5.76 Å². The fourth-order valence-electron chi connectivity index (χ4n) is 1.41. The van der Waals surface area contributed by atoms with Crippen LogP contribution in [0.1, 0.15) is 12.8 Å². The first kappa shape index (κ1) is 13.1. The monoisotopic (exact) mass is 266 g/mol. The number of oxazole rings is 1. The van der Waals surface area contributed by atoms with Crippen molar-refractivity contribution in [2.75, 3.05) is 6.54 Å². The van der Waals surface area contributed by atoms with Gasteiger partial charge in [-0.15, -0.1) is 11.8 Å². The van der Waals surface area contributed by atoms with Gasteiger partial charge in [0.25, 0.3) is 0 Å². The van der Waals surface area contributed by atoms with Crippen molar-refractivity contribution >= 4 is 11.8 Å². The van der Waals surface area contributed by atoms with Crippen LogP contribution in [0.3, 0.4) is 0 Å². The van der Waals surface area contributed by atoms with Crippen LogP contribution in [0.4, 0.5) is 4.39 Å². The zero-order valence-electron chi connectivity index (χ0n) is 10.1. The summed E-state index contributed by atoms with van der Waals surface area (Å²) in [6, 6.07) is 6.16. The van der Waals surface area contributed by atoms with E-state index in [1.807, 2.05) is 0 Å². The quantitative estimate of drug-likeness (QED) is 0.903. The Labute approximate surface area is 110 Å². The minimum atomic E-state index is -0.259. The van der Waals surface area contributed by atoms with Gasteiger partial charge in [0.2, 0.25) is 5.89 Å². The summed E-state index contributed by atoms with van der Waals surface area (Å²) in [6.45, 7) is 2.70. The third-order valence-corrected chi connectivity index (χ3v) is 3.68. The van der Waals surface area contributed by atoms with Crippen LogP contribution in [0, 0.1) is 5.82 Å². The summed E-state index contributed by atoms with van der Waals surface area (Å²) in [5.74, 6) is 1.76. The van der Waals surface area contributed by atoms with Gasteiger partial charge in [-0.3, -0.25) is 0 Å². The molecular formula is C13H15FN2OS. The fraction of sp³-hybridized carbons (Fsp3) is 0.308. The lowest BCUT2D eigenvalue weighted by Gasteiger charge is -2.04. The molecule has 0 aliphatic rings. The van der Waals surface area contributed by atoms with E-state index < -0.39 is 0 Å². The molecule has 18 heavy (non-hydrogen) atoms. The molecule has 0 radical (unpaired) electrons. The number of halogens is 1. The highest BCUT2D eigenvalue weighted by atomic mass is 32.2. The van der Waals surface area contributed by atoms with E-state index in [0.29, 0.717) is 29.2 Å². The average Bonchev–Trinajstić information content (AvgIpc) is 2.85. The number of hydrogen-bond donors (Lipinski definition) is 1. The Balaban J connectivity index is 2.03. The SMILES string of the molecule is CC(CN)SCc1ncc(-c2ccc(F)cc2)o1. The van der Waals surface area contributed by atoms with Crippen LogP contribution < -0.4 is 5.73 Å². The van der Waals surface area contributed by atoms with E-state index in [0.717, 1.165) is 5.56 Å². The van der Waals surface area contributed by atoms with Crippen molar-refractivity contribution in [3.8, 4) is 11.3 Å². The highest BCUT2D eigenvalue weighted by Crippen LogP contribution is 2.23. The molecule has 0 saturated carbocycles. The maximum absolute atomic E-state index is 12.8. The van der Waals surface area contributed by atoms with E-state index in [1.54, 1.807) is 30.1 Å². The molecule has 0 saturated heterocycles. The zero-order chi connectivity index (χ0) is 13.0. The van der Waals surface area contributed by atoms with Gasteiger partial charge in [0, 0.05) is 17.4 Å². The number of hydrogen-bond acceptors (Lipinski definition) is 4. The normalized spacial score (nSPS) is 12.6. The highest BCUT2D eigenvalue weighted by molar-refractivity contribution is 7.99. The first-order chi connectivity index (χ1) is 8.69. The van der Waals surface area contributed by atoms with Gasteiger partial charge in [-0.2, -0.15) is 0 Å². The predicted molar refractivity (Wildman–Crippen MR) is 71.7 cm³/mol. The topological polar surface area (TPSA) is 52.0 Å². The Morgan fingerprint density at radius 3 is 2.78 bits per heavy atom. The Kier molecular flexibility index (Phi) is 4.38. The van der Waals surface area contributed by atoms with Crippen molar-refractivity contribution in [2.45, 2.75) is 17.9 Å². The Morgan fingerprint density at radius 1 is 1.39 bits per heavy atom. The first-order valence-electron chi connectivity index (χ1n) is 5.71. The minimum Gasteiger partial charge on any atom is -0.440 e. The Hall–Kier alpha value is -1.33. The molecule has 0 fully saturated rings. The maximum Gasteiger partial charge on any atom is 0.204 e. The fourth-order valence-corrected chi connectivity index (χ4v) is 2.10.